The van der Waals surface area contributed by atoms with E-state index in [-0.39, 0.29) is 17.9 Å². The lowest BCUT2D eigenvalue weighted by molar-refractivity contribution is -0.148. The number of carbonyl (C=O) groups is 1. The summed E-state index contributed by atoms with van der Waals surface area (Å²) in [5, 5.41) is 0. The predicted octanol–water partition coefficient (Wildman–Crippen LogP) is 2.94. The van der Waals surface area contributed by atoms with Crippen LogP contribution in [0.2, 0.25) is 0 Å². The van der Waals surface area contributed by atoms with Crippen molar-refractivity contribution >= 4 is 5.97 Å². The Balaban J connectivity index is 2.06. The molecule has 2 aromatic rings. The molecule has 5 heteroatoms. The van der Waals surface area contributed by atoms with Gasteiger partial charge in [-0.3, -0.25) is 9.36 Å². The second-order valence-electron chi connectivity index (χ2n) is 5.20. The van der Waals surface area contributed by atoms with Gasteiger partial charge in [0, 0.05) is 6.20 Å². The predicted molar refractivity (Wildman–Crippen MR) is 87.4 cm³/mol. The van der Waals surface area contributed by atoms with Crippen LogP contribution in [0.15, 0.2) is 53.5 Å². The van der Waals surface area contributed by atoms with E-state index in [1.165, 1.54) is 4.57 Å². The van der Waals surface area contributed by atoms with E-state index in [0.29, 0.717) is 6.61 Å². The summed E-state index contributed by atoms with van der Waals surface area (Å²) in [5.41, 5.74) is 0.575. The first-order valence-electron chi connectivity index (χ1n) is 7.68. The molecule has 0 N–H and O–H groups in total. The number of esters is 1. The van der Waals surface area contributed by atoms with Crippen molar-refractivity contribution in [1.82, 2.24) is 4.57 Å². The largest absolute Gasteiger partial charge is 0.488 e. The second-order valence-corrected chi connectivity index (χ2v) is 5.20. The zero-order valence-electron chi connectivity index (χ0n) is 13.4. The normalized spacial score (nSPS) is 11.7. The first-order valence-corrected chi connectivity index (χ1v) is 7.68. The minimum absolute atomic E-state index is 0.185. The molecule has 0 aliphatic rings. The second kappa shape index (κ2) is 8.17. The standard InChI is InChI=1S/C18H21NO4/c1-3-12-22-16-10-7-11-19(17(16)20)14(2)18(21)23-13-15-8-5-4-6-9-15/h4-11,14H,3,12-13H2,1-2H3. The minimum atomic E-state index is -0.712. The Morgan fingerprint density at radius 1 is 1.17 bits per heavy atom. The molecule has 0 amide bonds. The third-order valence-electron chi connectivity index (χ3n) is 3.38. The van der Waals surface area contributed by atoms with E-state index in [4.69, 9.17) is 9.47 Å². The van der Waals surface area contributed by atoms with Gasteiger partial charge in [-0.25, -0.2) is 4.79 Å². The van der Waals surface area contributed by atoms with Crippen LogP contribution in [0, 0.1) is 0 Å². The summed E-state index contributed by atoms with van der Waals surface area (Å²) in [7, 11) is 0. The van der Waals surface area contributed by atoms with Gasteiger partial charge in [-0.2, -0.15) is 0 Å². The summed E-state index contributed by atoms with van der Waals surface area (Å²) in [6, 6.07) is 12.0. The van der Waals surface area contributed by atoms with Crippen LogP contribution in [-0.2, 0) is 16.1 Å². The molecular weight excluding hydrogens is 294 g/mol. The number of hydrogen-bond acceptors (Lipinski definition) is 4. The summed E-state index contributed by atoms with van der Waals surface area (Å²) in [6.45, 7) is 4.25. The monoisotopic (exact) mass is 315 g/mol. The number of pyridine rings is 1. The van der Waals surface area contributed by atoms with Crippen molar-refractivity contribution in [3.63, 3.8) is 0 Å². The molecule has 1 heterocycles. The van der Waals surface area contributed by atoms with Gasteiger partial charge in [0.25, 0.3) is 5.56 Å². The maximum absolute atomic E-state index is 12.3. The molecule has 0 aliphatic heterocycles. The molecule has 122 valence electrons. The van der Waals surface area contributed by atoms with Crippen molar-refractivity contribution in [2.24, 2.45) is 0 Å². The van der Waals surface area contributed by atoms with Gasteiger partial charge in [-0.1, -0.05) is 37.3 Å². The van der Waals surface area contributed by atoms with Crippen molar-refractivity contribution in [2.45, 2.75) is 32.9 Å². The zero-order valence-corrected chi connectivity index (χ0v) is 13.4. The molecule has 0 spiro atoms. The van der Waals surface area contributed by atoms with E-state index in [1.807, 2.05) is 37.3 Å². The summed E-state index contributed by atoms with van der Waals surface area (Å²) in [4.78, 5) is 24.5. The maximum Gasteiger partial charge on any atom is 0.329 e. The smallest absolute Gasteiger partial charge is 0.329 e. The van der Waals surface area contributed by atoms with Crippen LogP contribution in [0.3, 0.4) is 0 Å². The molecule has 5 nitrogen and oxygen atoms in total. The van der Waals surface area contributed by atoms with Crippen molar-refractivity contribution in [2.75, 3.05) is 6.61 Å². The zero-order chi connectivity index (χ0) is 16.7. The van der Waals surface area contributed by atoms with Gasteiger partial charge >= 0.3 is 5.97 Å². The molecule has 1 atom stereocenters. The highest BCUT2D eigenvalue weighted by molar-refractivity contribution is 5.73. The Hall–Kier alpha value is -2.56. The number of rotatable bonds is 7. The number of ether oxygens (including phenoxy) is 2. The van der Waals surface area contributed by atoms with E-state index in [1.54, 1.807) is 25.3 Å². The fourth-order valence-electron chi connectivity index (χ4n) is 2.08. The Morgan fingerprint density at radius 2 is 1.91 bits per heavy atom. The Labute approximate surface area is 135 Å². The van der Waals surface area contributed by atoms with Crippen molar-refractivity contribution in [3.05, 3.63) is 64.6 Å². The van der Waals surface area contributed by atoms with Crippen LogP contribution in [0.4, 0.5) is 0 Å². The molecule has 1 unspecified atom stereocenters. The molecule has 0 saturated carbocycles. The van der Waals surface area contributed by atoms with Crippen LogP contribution in [0.5, 0.6) is 5.75 Å². The van der Waals surface area contributed by atoms with Gasteiger partial charge in [0.1, 0.15) is 12.6 Å². The number of aromatic nitrogens is 1. The van der Waals surface area contributed by atoms with Crippen LogP contribution in [0.1, 0.15) is 31.9 Å². The van der Waals surface area contributed by atoms with E-state index >= 15 is 0 Å². The molecule has 0 fully saturated rings. The fourth-order valence-corrected chi connectivity index (χ4v) is 2.08. The molecule has 1 aromatic carbocycles. The summed E-state index contributed by atoms with van der Waals surface area (Å²) in [6.07, 6.45) is 2.37. The number of carbonyl (C=O) groups excluding carboxylic acids is 1. The molecule has 1 aromatic heterocycles. The molecule has 0 aliphatic carbocycles. The van der Waals surface area contributed by atoms with E-state index in [0.717, 1.165) is 12.0 Å². The number of nitrogens with zero attached hydrogens (tertiary/aromatic N) is 1. The van der Waals surface area contributed by atoms with Crippen LogP contribution in [-0.4, -0.2) is 17.1 Å². The number of hydrogen-bond donors (Lipinski definition) is 0. The highest BCUT2D eigenvalue weighted by Gasteiger charge is 2.19. The van der Waals surface area contributed by atoms with E-state index in [9.17, 15) is 9.59 Å². The first-order chi connectivity index (χ1) is 11.1. The van der Waals surface area contributed by atoms with Crippen molar-refractivity contribution in [1.29, 1.82) is 0 Å². The minimum Gasteiger partial charge on any atom is -0.488 e. The van der Waals surface area contributed by atoms with Gasteiger partial charge < -0.3 is 9.47 Å². The fraction of sp³-hybridized carbons (Fsp3) is 0.333. The highest BCUT2D eigenvalue weighted by Crippen LogP contribution is 2.11. The lowest BCUT2D eigenvalue weighted by Gasteiger charge is -2.15. The Kier molecular flexibility index (Phi) is 5.97. The average Bonchev–Trinajstić information content (AvgIpc) is 2.59. The van der Waals surface area contributed by atoms with Crippen molar-refractivity contribution in [3.8, 4) is 5.75 Å². The summed E-state index contributed by atoms with van der Waals surface area (Å²) >= 11 is 0. The quantitative estimate of drug-likeness (QED) is 0.737. The third-order valence-corrected chi connectivity index (χ3v) is 3.38. The summed E-state index contributed by atoms with van der Waals surface area (Å²) in [5.74, 6) is -0.208. The molecule has 2 rings (SSSR count). The third kappa shape index (κ3) is 4.45. The number of benzene rings is 1. The maximum atomic E-state index is 12.3. The van der Waals surface area contributed by atoms with E-state index < -0.39 is 12.0 Å². The van der Waals surface area contributed by atoms with Gasteiger partial charge in [0.15, 0.2) is 5.75 Å². The average molecular weight is 315 g/mol. The molecule has 0 radical (unpaired) electrons. The van der Waals surface area contributed by atoms with Crippen LogP contribution >= 0.6 is 0 Å². The Bertz CT molecular complexity index is 694. The van der Waals surface area contributed by atoms with Gasteiger partial charge in [-0.15, -0.1) is 0 Å². The SMILES string of the molecule is CCCOc1cccn(C(C)C(=O)OCc2ccccc2)c1=O. The lowest BCUT2D eigenvalue weighted by atomic mass is 10.2. The first kappa shape index (κ1) is 16.8. The van der Waals surface area contributed by atoms with Gasteiger partial charge in [0.05, 0.1) is 6.61 Å². The summed E-state index contributed by atoms with van der Waals surface area (Å²) < 4.78 is 12.0. The van der Waals surface area contributed by atoms with Gasteiger partial charge in [-0.05, 0) is 31.0 Å². The Morgan fingerprint density at radius 3 is 2.61 bits per heavy atom. The topological polar surface area (TPSA) is 57.5 Å². The van der Waals surface area contributed by atoms with Gasteiger partial charge in [0.2, 0.25) is 0 Å². The molecule has 0 bridgehead atoms. The molecular formula is C18H21NO4. The van der Waals surface area contributed by atoms with Crippen LogP contribution < -0.4 is 10.3 Å². The van der Waals surface area contributed by atoms with Crippen LogP contribution in [0.25, 0.3) is 0 Å². The highest BCUT2D eigenvalue weighted by atomic mass is 16.5. The van der Waals surface area contributed by atoms with E-state index in [2.05, 4.69) is 0 Å². The molecule has 23 heavy (non-hydrogen) atoms. The van der Waals surface area contributed by atoms with Crippen molar-refractivity contribution < 1.29 is 14.3 Å². The lowest BCUT2D eigenvalue weighted by Crippen LogP contribution is -2.29. The molecule has 0 saturated heterocycles.